The molecule has 0 aliphatic carbocycles. The lowest BCUT2D eigenvalue weighted by molar-refractivity contribution is -0.122. The molecule has 0 spiro atoms. The first kappa shape index (κ1) is 21.7. The van der Waals surface area contributed by atoms with Gasteiger partial charge in [0.1, 0.15) is 17.2 Å². The standard InChI is InChI=1S/C24H24N2O5/c1-17(31-20-11-7-4-8-12-20)24(28)25-18-13-14-21(22(15-18)29-2)26-23(27)16-30-19-9-5-3-6-10-19/h3-15,17H,16H2,1-2H3,(H,25,28)(H,26,27)/t17-/m1/s1. The van der Waals surface area contributed by atoms with Gasteiger partial charge in [-0.2, -0.15) is 0 Å². The molecule has 31 heavy (non-hydrogen) atoms. The van der Waals surface area contributed by atoms with Crippen LogP contribution in [0.3, 0.4) is 0 Å². The van der Waals surface area contributed by atoms with Crippen LogP contribution in [0.1, 0.15) is 6.92 Å². The molecule has 0 radical (unpaired) electrons. The van der Waals surface area contributed by atoms with Gasteiger partial charge in [0.05, 0.1) is 12.8 Å². The quantitative estimate of drug-likeness (QED) is 0.544. The minimum absolute atomic E-state index is 0.139. The molecule has 1 atom stereocenters. The van der Waals surface area contributed by atoms with Crippen molar-refractivity contribution in [2.75, 3.05) is 24.4 Å². The van der Waals surface area contributed by atoms with E-state index in [-0.39, 0.29) is 18.4 Å². The maximum absolute atomic E-state index is 12.4. The number of nitrogens with one attached hydrogen (secondary N) is 2. The van der Waals surface area contributed by atoms with Crippen molar-refractivity contribution in [3.63, 3.8) is 0 Å². The summed E-state index contributed by atoms with van der Waals surface area (Å²) < 4.78 is 16.4. The zero-order valence-corrected chi connectivity index (χ0v) is 17.3. The van der Waals surface area contributed by atoms with Crippen LogP contribution in [0.25, 0.3) is 0 Å². The third kappa shape index (κ3) is 6.50. The summed E-state index contributed by atoms with van der Waals surface area (Å²) >= 11 is 0. The maximum atomic E-state index is 12.4. The van der Waals surface area contributed by atoms with Crippen LogP contribution in [0.15, 0.2) is 78.9 Å². The molecule has 0 fully saturated rings. The molecule has 0 unspecified atom stereocenters. The molecule has 3 rings (SSSR count). The van der Waals surface area contributed by atoms with Gasteiger partial charge in [-0.3, -0.25) is 9.59 Å². The van der Waals surface area contributed by atoms with Gasteiger partial charge in [-0.05, 0) is 43.3 Å². The zero-order valence-electron chi connectivity index (χ0n) is 17.3. The average molecular weight is 420 g/mol. The minimum atomic E-state index is -0.692. The highest BCUT2D eigenvalue weighted by atomic mass is 16.5. The molecule has 0 bridgehead atoms. The minimum Gasteiger partial charge on any atom is -0.494 e. The monoisotopic (exact) mass is 420 g/mol. The van der Waals surface area contributed by atoms with Gasteiger partial charge in [0.2, 0.25) is 0 Å². The lowest BCUT2D eigenvalue weighted by atomic mass is 10.2. The van der Waals surface area contributed by atoms with E-state index < -0.39 is 6.10 Å². The second-order valence-corrected chi connectivity index (χ2v) is 6.63. The topological polar surface area (TPSA) is 85.9 Å². The molecule has 0 aromatic heterocycles. The Balaban J connectivity index is 1.57. The molecule has 0 saturated carbocycles. The van der Waals surface area contributed by atoms with Gasteiger partial charge in [-0.1, -0.05) is 36.4 Å². The first-order valence-corrected chi connectivity index (χ1v) is 9.73. The van der Waals surface area contributed by atoms with Gasteiger partial charge in [-0.15, -0.1) is 0 Å². The van der Waals surface area contributed by atoms with Crippen molar-refractivity contribution in [1.82, 2.24) is 0 Å². The Kier molecular flexibility index (Phi) is 7.48. The molecule has 3 aromatic carbocycles. The molecule has 2 N–H and O–H groups in total. The van der Waals surface area contributed by atoms with Gasteiger partial charge < -0.3 is 24.8 Å². The lowest BCUT2D eigenvalue weighted by Crippen LogP contribution is -2.30. The summed E-state index contributed by atoms with van der Waals surface area (Å²) in [5.41, 5.74) is 0.986. The molecular formula is C24H24N2O5. The molecular weight excluding hydrogens is 396 g/mol. The molecule has 7 nitrogen and oxygen atoms in total. The summed E-state index contributed by atoms with van der Waals surface area (Å²) in [4.78, 5) is 24.6. The molecule has 0 aliphatic rings. The average Bonchev–Trinajstić information content (AvgIpc) is 2.80. The van der Waals surface area contributed by atoms with Gasteiger partial charge >= 0.3 is 0 Å². The summed E-state index contributed by atoms with van der Waals surface area (Å²) in [7, 11) is 1.48. The van der Waals surface area contributed by atoms with Crippen LogP contribution in [0.4, 0.5) is 11.4 Å². The van der Waals surface area contributed by atoms with E-state index in [2.05, 4.69) is 10.6 Å². The van der Waals surface area contributed by atoms with Crippen molar-refractivity contribution in [2.24, 2.45) is 0 Å². The van der Waals surface area contributed by atoms with E-state index in [1.54, 1.807) is 49.4 Å². The van der Waals surface area contributed by atoms with E-state index >= 15 is 0 Å². The van der Waals surface area contributed by atoms with E-state index in [4.69, 9.17) is 14.2 Å². The Labute approximate surface area is 180 Å². The van der Waals surface area contributed by atoms with Gasteiger partial charge in [0.25, 0.3) is 11.8 Å². The smallest absolute Gasteiger partial charge is 0.265 e. The fraction of sp³-hybridized carbons (Fsp3) is 0.167. The van der Waals surface area contributed by atoms with Gasteiger partial charge in [0.15, 0.2) is 12.7 Å². The molecule has 0 saturated heterocycles. The highest BCUT2D eigenvalue weighted by Crippen LogP contribution is 2.28. The zero-order chi connectivity index (χ0) is 22.1. The number of carbonyl (C=O) groups excluding carboxylic acids is 2. The summed E-state index contributed by atoms with van der Waals surface area (Å²) in [6.07, 6.45) is -0.692. The summed E-state index contributed by atoms with van der Waals surface area (Å²) in [5, 5.41) is 5.52. The van der Waals surface area contributed by atoms with Crippen molar-refractivity contribution in [1.29, 1.82) is 0 Å². The predicted molar refractivity (Wildman–Crippen MR) is 119 cm³/mol. The van der Waals surface area contributed by atoms with Crippen molar-refractivity contribution in [2.45, 2.75) is 13.0 Å². The Morgan fingerprint density at radius 1 is 0.871 bits per heavy atom. The van der Waals surface area contributed by atoms with Crippen LogP contribution in [-0.4, -0.2) is 31.6 Å². The van der Waals surface area contributed by atoms with Crippen molar-refractivity contribution >= 4 is 23.2 Å². The second kappa shape index (κ2) is 10.7. The largest absolute Gasteiger partial charge is 0.494 e. The lowest BCUT2D eigenvalue weighted by Gasteiger charge is -2.16. The number of para-hydroxylation sites is 2. The van der Waals surface area contributed by atoms with Crippen molar-refractivity contribution in [3.05, 3.63) is 78.9 Å². The Morgan fingerprint density at radius 3 is 2.16 bits per heavy atom. The van der Waals surface area contributed by atoms with E-state index in [9.17, 15) is 9.59 Å². The molecule has 3 aromatic rings. The van der Waals surface area contributed by atoms with Gasteiger partial charge in [0, 0.05) is 11.8 Å². The molecule has 0 heterocycles. The molecule has 0 aliphatic heterocycles. The Hall–Kier alpha value is -4.00. The summed E-state index contributed by atoms with van der Waals surface area (Å²) in [5.74, 6) is 0.985. The fourth-order valence-electron chi connectivity index (χ4n) is 2.72. The van der Waals surface area contributed by atoms with Gasteiger partial charge in [-0.25, -0.2) is 0 Å². The third-order valence-corrected chi connectivity index (χ3v) is 4.28. The van der Waals surface area contributed by atoms with Crippen LogP contribution in [0, 0.1) is 0 Å². The number of methoxy groups -OCH3 is 1. The highest BCUT2D eigenvalue weighted by Gasteiger charge is 2.16. The number of carbonyl (C=O) groups is 2. The SMILES string of the molecule is COc1cc(NC(=O)[C@@H](C)Oc2ccccc2)ccc1NC(=O)COc1ccccc1. The maximum Gasteiger partial charge on any atom is 0.265 e. The van der Waals surface area contributed by atoms with Crippen LogP contribution >= 0.6 is 0 Å². The number of hydrogen-bond acceptors (Lipinski definition) is 5. The van der Waals surface area contributed by atoms with Crippen LogP contribution in [0.5, 0.6) is 17.2 Å². The van der Waals surface area contributed by atoms with E-state index in [1.807, 2.05) is 36.4 Å². The number of anilines is 2. The number of amides is 2. The van der Waals surface area contributed by atoms with Crippen LogP contribution in [0.2, 0.25) is 0 Å². The summed E-state index contributed by atoms with van der Waals surface area (Å²) in [6.45, 7) is 1.53. The first-order valence-electron chi connectivity index (χ1n) is 9.73. The fourth-order valence-corrected chi connectivity index (χ4v) is 2.72. The normalized spacial score (nSPS) is 11.2. The third-order valence-electron chi connectivity index (χ3n) is 4.28. The van der Waals surface area contributed by atoms with Crippen molar-refractivity contribution in [3.8, 4) is 17.2 Å². The first-order chi connectivity index (χ1) is 15.0. The Morgan fingerprint density at radius 2 is 1.52 bits per heavy atom. The van der Waals surface area contributed by atoms with Crippen LogP contribution in [-0.2, 0) is 9.59 Å². The van der Waals surface area contributed by atoms with Crippen LogP contribution < -0.4 is 24.8 Å². The van der Waals surface area contributed by atoms with E-state index in [1.165, 1.54) is 7.11 Å². The van der Waals surface area contributed by atoms with E-state index in [0.717, 1.165) is 0 Å². The predicted octanol–water partition coefficient (Wildman–Crippen LogP) is 4.12. The van der Waals surface area contributed by atoms with Crippen molar-refractivity contribution < 1.29 is 23.8 Å². The summed E-state index contributed by atoms with van der Waals surface area (Å²) in [6, 6.07) is 23.1. The molecule has 2 amide bonds. The molecule has 160 valence electrons. The number of rotatable bonds is 9. The number of ether oxygens (including phenoxy) is 3. The van der Waals surface area contributed by atoms with E-state index in [0.29, 0.717) is 28.6 Å². The number of hydrogen-bond donors (Lipinski definition) is 2. The second-order valence-electron chi connectivity index (χ2n) is 6.63. The highest BCUT2D eigenvalue weighted by molar-refractivity contribution is 5.96. The Bertz CT molecular complexity index is 1010. The number of benzene rings is 3. The molecule has 7 heteroatoms.